The van der Waals surface area contributed by atoms with Crippen LogP contribution < -0.4 is 21.9 Å². The second-order valence-corrected chi connectivity index (χ2v) is 2.27. The van der Waals surface area contributed by atoms with Gasteiger partial charge in [0.1, 0.15) is 0 Å². The van der Waals surface area contributed by atoms with E-state index in [1.54, 1.807) is 20.3 Å². The maximum atomic E-state index is 5.04. The van der Waals surface area contributed by atoms with E-state index in [1.165, 1.54) is 0 Å². The van der Waals surface area contributed by atoms with Crippen LogP contribution in [-0.2, 0) is 0 Å². The van der Waals surface area contributed by atoms with Gasteiger partial charge in [-0.15, -0.1) is 12.1 Å². The summed E-state index contributed by atoms with van der Waals surface area (Å²) in [4.78, 5) is 0. The number of hydrogen-bond acceptors (Lipinski definition) is 2. The summed E-state index contributed by atoms with van der Waals surface area (Å²) in [6.07, 6.45) is 0. The molecule has 0 saturated carbocycles. The molecule has 0 aliphatic rings. The van der Waals surface area contributed by atoms with E-state index in [2.05, 4.69) is 6.07 Å². The molecule has 2 nitrogen and oxygen atoms in total. The van der Waals surface area contributed by atoms with Gasteiger partial charge in [-0.2, -0.15) is 5.56 Å². The Labute approximate surface area is 101 Å². The summed E-state index contributed by atoms with van der Waals surface area (Å²) >= 11 is 0. The predicted molar refractivity (Wildman–Crippen MR) is 48.9 cm³/mol. The summed E-state index contributed by atoms with van der Waals surface area (Å²) in [5, 5.41) is 0. The van der Waals surface area contributed by atoms with Gasteiger partial charge in [-0.3, -0.25) is 0 Å². The average molecular weight is 211 g/mol. The molecule has 0 spiro atoms. The molecule has 0 unspecified atom stereocenters. The third-order valence-electron chi connectivity index (χ3n) is 1.41. The van der Waals surface area contributed by atoms with Gasteiger partial charge in [-0.1, -0.05) is 13.0 Å². The molecule has 0 bridgehead atoms. The Hall–Kier alpha value is -0.124. The van der Waals surface area contributed by atoms with Crippen LogP contribution >= 0.6 is 0 Å². The van der Waals surface area contributed by atoms with Crippen molar-refractivity contribution in [1.29, 1.82) is 0 Å². The molecule has 68 valence electrons. The van der Waals surface area contributed by atoms with E-state index < -0.39 is 0 Å². The minimum atomic E-state index is 0. The molecule has 0 heterocycles. The summed E-state index contributed by atoms with van der Waals surface area (Å²) in [6, 6.07) is 6.73. The van der Waals surface area contributed by atoms with Crippen LogP contribution in [0.2, 0.25) is 0 Å². The zero-order chi connectivity index (χ0) is 8.27. The smallest absolute Gasteiger partial charge is 1.00 e. The third-order valence-corrected chi connectivity index (χ3v) is 1.41. The second kappa shape index (κ2) is 7.30. The van der Waals surface area contributed by atoms with E-state index >= 15 is 0 Å². The Bertz CT molecular complexity index is 231. The fraction of sp³-hybridized carbons (Fsp3) is 0.333. The molecule has 1 rings (SSSR count). The molecule has 1 aromatic rings. The van der Waals surface area contributed by atoms with E-state index in [0.29, 0.717) is 5.75 Å². The number of aryl methyl sites for hydroxylation is 1. The third kappa shape index (κ3) is 4.60. The van der Waals surface area contributed by atoms with Crippen molar-refractivity contribution in [3.63, 3.8) is 0 Å². The summed E-state index contributed by atoms with van der Waals surface area (Å²) in [7, 11) is 3.25. The van der Waals surface area contributed by atoms with Crippen LogP contribution in [0.15, 0.2) is 12.1 Å². The standard InChI is InChI=1S/C9H11O2.ClH.Mg/c1-7-4-8(10-2)6-9(5-7)11-3;;/h4,6H,1-3H3;1H;/q-1;;+2/p-1. The molecule has 0 aliphatic heterocycles. The predicted octanol–water partition coefficient (Wildman–Crippen LogP) is -1.56. The minimum Gasteiger partial charge on any atom is -1.00 e. The number of rotatable bonds is 2. The Morgan fingerprint density at radius 1 is 1.15 bits per heavy atom. The first-order valence-electron chi connectivity index (χ1n) is 3.38. The maximum Gasteiger partial charge on any atom is 2.00 e. The van der Waals surface area contributed by atoms with Crippen LogP contribution in [0.1, 0.15) is 5.56 Å². The van der Waals surface area contributed by atoms with Crippen molar-refractivity contribution in [3.05, 3.63) is 23.8 Å². The van der Waals surface area contributed by atoms with Crippen molar-refractivity contribution in [2.24, 2.45) is 0 Å². The first kappa shape index (κ1) is 15.4. The molecule has 0 aromatic heterocycles. The van der Waals surface area contributed by atoms with Crippen LogP contribution in [0.25, 0.3) is 0 Å². The normalized spacial score (nSPS) is 7.92. The fourth-order valence-electron chi connectivity index (χ4n) is 0.879. The molecular formula is C9H11ClMgO2. The molecule has 0 radical (unpaired) electrons. The second-order valence-electron chi connectivity index (χ2n) is 2.27. The molecular weight excluding hydrogens is 200 g/mol. The molecule has 4 heteroatoms. The van der Waals surface area contributed by atoms with Gasteiger partial charge in [0.25, 0.3) is 0 Å². The summed E-state index contributed by atoms with van der Waals surface area (Å²) in [6.45, 7) is 1.95. The topological polar surface area (TPSA) is 18.5 Å². The van der Waals surface area contributed by atoms with Gasteiger partial charge < -0.3 is 21.9 Å². The van der Waals surface area contributed by atoms with E-state index in [1.807, 2.05) is 13.0 Å². The van der Waals surface area contributed by atoms with Crippen molar-refractivity contribution in [3.8, 4) is 11.5 Å². The van der Waals surface area contributed by atoms with Gasteiger partial charge in [0, 0.05) is 11.5 Å². The van der Waals surface area contributed by atoms with Crippen LogP contribution in [0.3, 0.4) is 0 Å². The molecule has 0 fully saturated rings. The summed E-state index contributed by atoms with van der Waals surface area (Å²) in [5.74, 6) is 1.51. The number of benzene rings is 1. The van der Waals surface area contributed by atoms with E-state index in [4.69, 9.17) is 9.47 Å². The Morgan fingerprint density at radius 3 is 2.23 bits per heavy atom. The van der Waals surface area contributed by atoms with Crippen LogP contribution in [-0.4, -0.2) is 37.3 Å². The zero-order valence-corrected chi connectivity index (χ0v) is 10.2. The fourth-order valence-corrected chi connectivity index (χ4v) is 0.879. The Kier molecular flexibility index (Phi) is 8.62. The first-order valence-corrected chi connectivity index (χ1v) is 3.38. The van der Waals surface area contributed by atoms with Crippen molar-refractivity contribution in [2.75, 3.05) is 14.2 Å². The van der Waals surface area contributed by atoms with Crippen LogP contribution in [0.4, 0.5) is 0 Å². The van der Waals surface area contributed by atoms with Crippen molar-refractivity contribution < 1.29 is 21.9 Å². The molecule has 0 amide bonds. The molecule has 1 aromatic carbocycles. The molecule has 13 heavy (non-hydrogen) atoms. The first-order chi connectivity index (χ1) is 5.26. The Morgan fingerprint density at radius 2 is 1.77 bits per heavy atom. The van der Waals surface area contributed by atoms with Gasteiger partial charge in [0.05, 0.1) is 14.2 Å². The summed E-state index contributed by atoms with van der Waals surface area (Å²) < 4.78 is 10.0. The summed E-state index contributed by atoms with van der Waals surface area (Å²) in [5.41, 5.74) is 1.02. The quantitative estimate of drug-likeness (QED) is 0.435. The van der Waals surface area contributed by atoms with Crippen LogP contribution in [0.5, 0.6) is 11.5 Å². The van der Waals surface area contributed by atoms with Crippen molar-refractivity contribution in [2.45, 2.75) is 6.92 Å². The monoisotopic (exact) mass is 210 g/mol. The SMILES string of the molecule is COc1[c-]c(C)cc(OC)c1.[Cl-].[Mg+2]. The number of ether oxygens (including phenoxy) is 2. The Balaban J connectivity index is 0. The zero-order valence-electron chi connectivity index (χ0n) is 8.06. The van der Waals surface area contributed by atoms with E-state index in [0.717, 1.165) is 11.3 Å². The van der Waals surface area contributed by atoms with Gasteiger partial charge >= 0.3 is 23.1 Å². The van der Waals surface area contributed by atoms with E-state index in [9.17, 15) is 0 Å². The van der Waals surface area contributed by atoms with Crippen molar-refractivity contribution >= 4 is 23.1 Å². The molecule has 0 atom stereocenters. The maximum absolute atomic E-state index is 5.04. The molecule has 0 N–H and O–H groups in total. The number of methoxy groups -OCH3 is 2. The van der Waals surface area contributed by atoms with Gasteiger partial charge in [-0.25, -0.2) is 0 Å². The average Bonchev–Trinajstić information content (AvgIpc) is 2.03. The van der Waals surface area contributed by atoms with Gasteiger partial charge in [0.15, 0.2) is 0 Å². The largest absolute Gasteiger partial charge is 2.00 e. The van der Waals surface area contributed by atoms with Crippen LogP contribution in [0, 0.1) is 13.0 Å². The van der Waals surface area contributed by atoms with Gasteiger partial charge in [0.2, 0.25) is 0 Å². The van der Waals surface area contributed by atoms with E-state index in [-0.39, 0.29) is 35.5 Å². The number of halogens is 1. The molecule has 0 saturated heterocycles. The number of hydrogen-bond donors (Lipinski definition) is 0. The minimum absolute atomic E-state index is 0. The van der Waals surface area contributed by atoms with Crippen molar-refractivity contribution in [1.82, 2.24) is 0 Å². The van der Waals surface area contributed by atoms with Gasteiger partial charge in [-0.05, 0) is 0 Å². The molecule has 0 aliphatic carbocycles.